The summed E-state index contributed by atoms with van der Waals surface area (Å²) in [5, 5.41) is 0. The summed E-state index contributed by atoms with van der Waals surface area (Å²) in [4.78, 5) is 19.1. The molecule has 2 N–H and O–H groups in total. The van der Waals surface area contributed by atoms with Crippen LogP contribution in [0.1, 0.15) is 30.5 Å². The van der Waals surface area contributed by atoms with Gasteiger partial charge < -0.3 is 15.0 Å². The predicted octanol–water partition coefficient (Wildman–Crippen LogP) is 2.59. The van der Waals surface area contributed by atoms with E-state index >= 15 is 0 Å². The normalized spacial score (nSPS) is 16.7. The SMILES string of the molecule is NCCC(=O)N1CCC(c2ccccc2)(c2cn3ccccc3n2)CC1. The van der Waals surface area contributed by atoms with E-state index in [-0.39, 0.29) is 11.3 Å². The molecule has 3 aromatic rings. The van der Waals surface area contributed by atoms with Gasteiger partial charge in [-0.1, -0.05) is 36.4 Å². The number of nitrogens with zero attached hydrogens (tertiary/aromatic N) is 3. The Labute approximate surface area is 153 Å². The van der Waals surface area contributed by atoms with Crippen LogP contribution in [0.25, 0.3) is 5.65 Å². The number of benzene rings is 1. The monoisotopic (exact) mass is 348 g/mol. The van der Waals surface area contributed by atoms with Crippen molar-refractivity contribution in [2.45, 2.75) is 24.7 Å². The van der Waals surface area contributed by atoms with Crippen molar-refractivity contribution in [3.05, 3.63) is 72.2 Å². The van der Waals surface area contributed by atoms with Crippen molar-refractivity contribution in [2.75, 3.05) is 19.6 Å². The van der Waals surface area contributed by atoms with Gasteiger partial charge in [0.1, 0.15) is 5.65 Å². The van der Waals surface area contributed by atoms with Crippen molar-refractivity contribution in [2.24, 2.45) is 5.73 Å². The number of hydrogen-bond donors (Lipinski definition) is 1. The van der Waals surface area contributed by atoms with Gasteiger partial charge in [0.15, 0.2) is 0 Å². The van der Waals surface area contributed by atoms with Crippen LogP contribution in [0.5, 0.6) is 0 Å². The highest BCUT2D eigenvalue weighted by Crippen LogP contribution is 2.41. The number of imidazole rings is 1. The van der Waals surface area contributed by atoms with Gasteiger partial charge in [-0.2, -0.15) is 0 Å². The lowest BCUT2D eigenvalue weighted by Gasteiger charge is -2.41. The van der Waals surface area contributed by atoms with Crippen molar-refractivity contribution < 1.29 is 4.79 Å². The highest BCUT2D eigenvalue weighted by Gasteiger charge is 2.40. The molecule has 1 fully saturated rings. The number of fused-ring (bicyclic) bond motifs is 1. The minimum atomic E-state index is -0.160. The second kappa shape index (κ2) is 6.92. The number of carbonyl (C=O) groups is 1. The van der Waals surface area contributed by atoms with E-state index in [4.69, 9.17) is 10.7 Å². The van der Waals surface area contributed by atoms with Crippen LogP contribution in [0.15, 0.2) is 60.9 Å². The smallest absolute Gasteiger partial charge is 0.223 e. The molecule has 1 saturated heterocycles. The van der Waals surface area contributed by atoms with Crippen LogP contribution in [0.4, 0.5) is 0 Å². The van der Waals surface area contributed by atoms with Crippen molar-refractivity contribution in [1.82, 2.24) is 14.3 Å². The van der Waals surface area contributed by atoms with Crippen molar-refractivity contribution >= 4 is 11.6 Å². The summed E-state index contributed by atoms with van der Waals surface area (Å²) in [5.74, 6) is 0.157. The van der Waals surface area contributed by atoms with Crippen LogP contribution >= 0.6 is 0 Å². The fraction of sp³-hybridized carbons (Fsp3) is 0.333. The number of amides is 1. The van der Waals surface area contributed by atoms with E-state index in [1.807, 2.05) is 35.4 Å². The maximum absolute atomic E-state index is 12.2. The highest BCUT2D eigenvalue weighted by atomic mass is 16.2. The molecule has 134 valence electrons. The first-order chi connectivity index (χ1) is 12.7. The Balaban J connectivity index is 1.72. The van der Waals surface area contributed by atoms with Crippen LogP contribution < -0.4 is 5.73 Å². The van der Waals surface area contributed by atoms with Crippen molar-refractivity contribution in [1.29, 1.82) is 0 Å². The first-order valence-electron chi connectivity index (χ1n) is 9.20. The standard InChI is InChI=1S/C21H24N4O/c22-12-9-20(26)24-14-10-21(11-15-24,17-6-2-1-3-7-17)18-16-25-13-5-4-8-19(25)23-18/h1-8,13,16H,9-12,14-15,22H2. The Morgan fingerprint density at radius 1 is 1.08 bits per heavy atom. The number of piperidine rings is 1. The fourth-order valence-corrected chi connectivity index (χ4v) is 4.03. The van der Waals surface area contributed by atoms with E-state index in [2.05, 4.69) is 34.9 Å². The molecule has 1 aromatic carbocycles. The van der Waals surface area contributed by atoms with Gasteiger partial charge in [-0.05, 0) is 30.5 Å². The first kappa shape index (κ1) is 16.8. The number of pyridine rings is 1. The third kappa shape index (κ3) is 2.88. The lowest BCUT2D eigenvalue weighted by molar-refractivity contribution is -0.132. The summed E-state index contributed by atoms with van der Waals surface area (Å²) in [6.07, 6.45) is 6.34. The Hall–Kier alpha value is -2.66. The lowest BCUT2D eigenvalue weighted by Crippen LogP contribution is -2.46. The second-order valence-electron chi connectivity index (χ2n) is 6.96. The van der Waals surface area contributed by atoms with Gasteiger partial charge in [0.05, 0.1) is 5.69 Å². The number of carbonyl (C=O) groups excluding carboxylic acids is 1. The molecule has 1 aliphatic heterocycles. The molecule has 1 amide bonds. The number of likely N-dealkylation sites (tertiary alicyclic amines) is 1. The summed E-state index contributed by atoms with van der Waals surface area (Å²) >= 11 is 0. The van der Waals surface area contributed by atoms with Crippen LogP contribution in [-0.4, -0.2) is 39.8 Å². The molecule has 1 aliphatic rings. The fourth-order valence-electron chi connectivity index (χ4n) is 4.03. The zero-order valence-electron chi connectivity index (χ0n) is 14.8. The topological polar surface area (TPSA) is 63.6 Å². The van der Waals surface area contributed by atoms with Gasteiger partial charge in [0, 0.05) is 43.9 Å². The molecular formula is C21H24N4O. The Bertz CT molecular complexity index is 862. The molecule has 0 unspecified atom stereocenters. The number of aromatic nitrogens is 2. The second-order valence-corrected chi connectivity index (χ2v) is 6.96. The molecule has 5 nitrogen and oxygen atoms in total. The molecular weight excluding hydrogens is 324 g/mol. The molecule has 0 aliphatic carbocycles. The molecule has 26 heavy (non-hydrogen) atoms. The average molecular weight is 348 g/mol. The number of hydrogen-bond acceptors (Lipinski definition) is 3. The maximum Gasteiger partial charge on any atom is 0.223 e. The molecule has 2 aromatic heterocycles. The Kier molecular flexibility index (Phi) is 4.47. The Morgan fingerprint density at radius 2 is 1.81 bits per heavy atom. The molecule has 0 atom stereocenters. The summed E-state index contributed by atoms with van der Waals surface area (Å²) in [5.41, 5.74) is 8.71. The highest BCUT2D eigenvalue weighted by molar-refractivity contribution is 5.76. The Morgan fingerprint density at radius 3 is 2.50 bits per heavy atom. The largest absolute Gasteiger partial charge is 0.343 e. The van der Waals surface area contributed by atoms with E-state index in [9.17, 15) is 4.79 Å². The van der Waals surface area contributed by atoms with E-state index in [1.54, 1.807) is 0 Å². The molecule has 0 saturated carbocycles. The van der Waals surface area contributed by atoms with E-state index in [1.165, 1.54) is 5.56 Å². The molecule has 4 rings (SSSR count). The van der Waals surface area contributed by atoms with Gasteiger partial charge in [0.2, 0.25) is 5.91 Å². The van der Waals surface area contributed by atoms with Crippen LogP contribution in [0, 0.1) is 0 Å². The molecule has 0 bridgehead atoms. The third-order valence-electron chi connectivity index (χ3n) is 5.51. The quantitative estimate of drug-likeness (QED) is 0.788. The average Bonchev–Trinajstić information content (AvgIpc) is 3.14. The summed E-state index contributed by atoms with van der Waals surface area (Å²) in [7, 11) is 0. The van der Waals surface area contributed by atoms with Crippen molar-refractivity contribution in [3.8, 4) is 0 Å². The maximum atomic E-state index is 12.2. The van der Waals surface area contributed by atoms with Gasteiger partial charge in [0.25, 0.3) is 0 Å². The van der Waals surface area contributed by atoms with E-state index < -0.39 is 0 Å². The summed E-state index contributed by atoms with van der Waals surface area (Å²) in [6, 6.07) is 16.6. The summed E-state index contributed by atoms with van der Waals surface area (Å²) < 4.78 is 2.08. The molecule has 5 heteroatoms. The van der Waals surface area contributed by atoms with Gasteiger partial charge in [-0.25, -0.2) is 4.98 Å². The lowest BCUT2D eigenvalue weighted by atomic mass is 9.70. The van der Waals surface area contributed by atoms with Gasteiger partial charge in [-0.3, -0.25) is 4.79 Å². The molecule has 0 radical (unpaired) electrons. The summed E-state index contributed by atoms with van der Waals surface area (Å²) in [6.45, 7) is 1.88. The van der Waals surface area contributed by atoms with Crippen LogP contribution in [0.3, 0.4) is 0 Å². The van der Waals surface area contributed by atoms with E-state index in [0.29, 0.717) is 13.0 Å². The van der Waals surface area contributed by atoms with Crippen LogP contribution in [-0.2, 0) is 10.2 Å². The zero-order chi connectivity index (χ0) is 18.0. The minimum Gasteiger partial charge on any atom is -0.343 e. The number of nitrogens with two attached hydrogens (primary N) is 1. The predicted molar refractivity (Wildman–Crippen MR) is 102 cm³/mol. The third-order valence-corrected chi connectivity index (χ3v) is 5.51. The first-order valence-corrected chi connectivity index (χ1v) is 9.20. The number of rotatable bonds is 4. The van der Waals surface area contributed by atoms with Crippen LogP contribution in [0.2, 0.25) is 0 Å². The minimum absolute atomic E-state index is 0.157. The van der Waals surface area contributed by atoms with Gasteiger partial charge in [-0.15, -0.1) is 0 Å². The molecule has 0 spiro atoms. The molecule has 3 heterocycles. The van der Waals surface area contributed by atoms with Gasteiger partial charge >= 0.3 is 0 Å². The van der Waals surface area contributed by atoms with Crippen molar-refractivity contribution in [3.63, 3.8) is 0 Å². The zero-order valence-corrected chi connectivity index (χ0v) is 14.8. The van der Waals surface area contributed by atoms with E-state index in [0.717, 1.165) is 37.3 Å².